The Labute approximate surface area is 56.8 Å². The Balaban J connectivity index is 2.88. The largest absolute Gasteiger partial charge is 0.328 e. The molecule has 5 N–H and O–H groups in total. The summed E-state index contributed by atoms with van der Waals surface area (Å²) in [5.41, 5.74) is 10.7. The van der Waals surface area contributed by atoms with Crippen LogP contribution in [0.2, 0.25) is 0 Å². The lowest BCUT2D eigenvalue weighted by molar-refractivity contribution is 0.522. The average Bonchev–Trinajstić information content (AvgIpc) is 1.89. The maximum atomic E-state index is 5.48. The topological polar surface area (TPSA) is 64.1 Å². The lowest BCUT2D eigenvalue weighted by atomic mass is 10.3. The van der Waals surface area contributed by atoms with Crippen LogP contribution in [0.15, 0.2) is 0 Å². The zero-order chi connectivity index (χ0) is 7.11. The predicted octanol–water partition coefficient (Wildman–Crippen LogP) is -0.380. The minimum Gasteiger partial charge on any atom is -0.328 e. The summed E-state index contributed by atoms with van der Waals surface area (Å²) in [5.74, 6) is 0. The molecule has 0 aromatic carbocycles. The van der Waals surface area contributed by atoms with Crippen LogP contribution in [0.25, 0.3) is 0 Å². The quantitative estimate of drug-likeness (QED) is 0.352. The first-order valence-corrected chi connectivity index (χ1v) is 3.50. The first-order chi connectivity index (χ1) is 4.31. The van der Waals surface area contributed by atoms with Gasteiger partial charge in [0.05, 0.1) is 6.17 Å². The van der Waals surface area contributed by atoms with E-state index in [1.165, 1.54) is 12.8 Å². The third kappa shape index (κ3) is 5.76. The molecule has 1 atom stereocenters. The van der Waals surface area contributed by atoms with Crippen LogP contribution in [0.5, 0.6) is 0 Å². The third-order valence-electron chi connectivity index (χ3n) is 1.19. The molecule has 9 heavy (non-hydrogen) atoms. The van der Waals surface area contributed by atoms with Gasteiger partial charge in [-0.05, 0) is 13.0 Å². The van der Waals surface area contributed by atoms with Gasteiger partial charge in [-0.3, -0.25) is 0 Å². The van der Waals surface area contributed by atoms with Crippen LogP contribution in [0, 0.1) is 0 Å². The van der Waals surface area contributed by atoms with E-state index in [4.69, 9.17) is 11.5 Å². The Morgan fingerprint density at radius 1 is 1.56 bits per heavy atom. The Hall–Kier alpha value is -0.120. The number of nitrogens with two attached hydrogens (primary N) is 2. The van der Waals surface area contributed by atoms with Crippen molar-refractivity contribution in [3.63, 3.8) is 0 Å². The van der Waals surface area contributed by atoms with Crippen molar-refractivity contribution in [2.24, 2.45) is 11.5 Å². The Bertz CT molecular complexity index is 56.3. The summed E-state index contributed by atoms with van der Waals surface area (Å²) in [7, 11) is 0. The maximum absolute atomic E-state index is 5.48. The van der Waals surface area contributed by atoms with E-state index in [-0.39, 0.29) is 6.17 Å². The van der Waals surface area contributed by atoms with E-state index < -0.39 is 0 Å². The molecule has 0 spiro atoms. The van der Waals surface area contributed by atoms with Gasteiger partial charge in [0.15, 0.2) is 0 Å². The lowest BCUT2D eigenvalue weighted by Crippen LogP contribution is -2.43. The minimum atomic E-state index is -0.0171. The lowest BCUT2D eigenvalue weighted by Gasteiger charge is -2.09. The molecule has 0 radical (unpaired) electrons. The smallest absolute Gasteiger partial charge is 0.0672 e. The van der Waals surface area contributed by atoms with Crippen molar-refractivity contribution in [3.8, 4) is 0 Å². The van der Waals surface area contributed by atoms with Crippen LogP contribution in [0.3, 0.4) is 0 Å². The molecular formula is C6H17N3. The molecule has 1 unspecified atom stereocenters. The molecule has 0 aliphatic heterocycles. The van der Waals surface area contributed by atoms with E-state index in [0.29, 0.717) is 6.54 Å². The van der Waals surface area contributed by atoms with Gasteiger partial charge in [0.1, 0.15) is 0 Å². The zero-order valence-corrected chi connectivity index (χ0v) is 6.06. The molecule has 0 saturated heterocycles. The second-order valence-corrected chi connectivity index (χ2v) is 2.15. The van der Waals surface area contributed by atoms with E-state index in [1.54, 1.807) is 0 Å². The number of unbranched alkanes of at least 4 members (excludes halogenated alkanes) is 1. The maximum Gasteiger partial charge on any atom is 0.0672 e. The van der Waals surface area contributed by atoms with E-state index in [2.05, 4.69) is 12.2 Å². The monoisotopic (exact) mass is 131 g/mol. The van der Waals surface area contributed by atoms with Gasteiger partial charge in [0.2, 0.25) is 0 Å². The van der Waals surface area contributed by atoms with Crippen LogP contribution < -0.4 is 16.8 Å². The van der Waals surface area contributed by atoms with Crippen molar-refractivity contribution in [1.29, 1.82) is 0 Å². The summed E-state index contributed by atoms with van der Waals surface area (Å²) < 4.78 is 0. The highest BCUT2D eigenvalue weighted by atomic mass is 15.0. The zero-order valence-electron chi connectivity index (χ0n) is 6.06. The van der Waals surface area contributed by atoms with Crippen molar-refractivity contribution < 1.29 is 0 Å². The van der Waals surface area contributed by atoms with Gasteiger partial charge >= 0.3 is 0 Å². The van der Waals surface area contributed by atoms with Crippen molar-refractivity contribution >= 4 is 0 Å². The van der Waals surface area contributed by atoms with E-state index in [1.807, 2.05) is 0 Å². The first-order valence-electron chi connectivity index (χ1n) is 3.50. The Kier molecular flexibility index (Phi) is 5.93. The molecule has 0 saturated carbocycles. The van der Waals surface area contributed by atoms with Gasteiger partial charge in [0, 0.05) is 6.54 Å². The van der Waals surface area contributed by atoms with E-state index >= 15 is 0 Å². The van der Waals surface area contributed by atoms with Crippen LogP contribution >= 0.6 is 0 Å². The number of rotatable bonds is 5. The summed E-state index contributed by atoms with van der Waals surface area (Å²) in [6.07, 6.45) is 2.36. The molecule has 0 amide bonds. The van der Waals surface area contributed by atoms with Crippen molar-refractivity contribution in [2.45, 2.75) is 25.9 Å². The molecule has 0 aliphatic rings. The second kappa shape index (κ2) is 6.01. The van der Waals surface area contributed by atoms with E-state index in [9.17, 15) is 0 Å². The van der Waals surface area contributed by atoms with Crippen molar-refractivity contribution in [2.75, 3.05) is 13.1 Å². The van der Waals surface area contributed by atoms with Gasteiger partial charge in [0.25, 0.3) is 0 Å². The molecule has 3 nitrogen and oxygen atoms in total. The fourth-order valence-corrected chi connectivity index (χ4v) is 0.548. The summed E-state index contributed by atoms with van der Waals surface area (Å²) in [6, 6.07) is 0. The van der Waals surface area contributed by atoms with Gasteiger partial charge in [-0.1, -0.05) is 13.3 Å². The molecule has 56 valence electrons. The first kappa shape index (κ1) is 8.88. The third-order valence-corrected chi connectivity index (χ3v) is 1.19. The molecule has 0 rings (SSSR count). The summed E-state index contributed by atoms with van der Waals surface area (Å²) >= 11 is 0. The van der Waals surface area contributed by atoms with Crippen LogP contribution in [0.4, 0.5) is 0 Å². The van der Waals surface area contributed by atoms with Crippen molar-refractivity contribution in [1.82, 2.24) is 5.32 Å². The fraction of sp³-hybridized carbons (Fsp3) is 1.00. The van der Waals surface area contributed by atoms with Gasteiger partial charge < -0.3 is 16.8 Å². The number of nitrogens with one attached hydrogen (secondary N) is 1. The highest BCUT2D eigenvalue weighted by Crippen LogP contribution is 1.81. The molecule has 0 bridgehead atoms. The highest BCUT2D eigenvalue weighted by Gasteiger charge is 1.93. The number of hydrogen-bond donors (Lipinski definition) is 3. The van der Waals surface area contributed by atoms with Gasteiger partial charge in [-0.25, -0.2) is 0 Å². The molecule has 3 heteroatoms. The average molecular weight is 131 g/mol. The Morgan fingerprint density at radius 2 is 2.22 bits per heavy atom. The molecule has 0 fully saturated rings. The standard InChI is InChI=1S/C6H17N3/c1-2-3-4-9-6(8)5-7/h6,9H,2-5,7-8H2,1H3. The second-order valence-electron chi connectivity index (χ2n) is 2.15. The molecular weight excluding hydrogens is 114 g/mol. The van der Waals surface area contributed by atoms with Crippen molar-refractivity contribution in [3.05, 3.63) is 0 Å². The van der Waals surface area contributed by atoms with Gasteiger partial charge in [-0.15, -0.1) is 0 Å². The molecule has 0 aromatic rings. The normalized spacial score (nSPS) is 13.7. The van der Waals surface area contributed by atoms with Gasteiger partial charge in [-0.2, -0.15) is 0 Å². The number of hydrogen-bond acceptors (Lipinski definition) is 3. The SMILES string of the molecule is CCCCNC(N)CN. The summed E-state index contributed by atoms with van der Waals surface area (Å²) in [4.78, 5) is 0. The Morgan fingerprint density at radius 3 is 2.67 bits per heavy atom. The highest BCUT2D eigenvalue weighted by molar-refractivity contribution is 4.57. The minimum absolute atomic E-state index is 0.0171. The predicted molar refractivity (Wildman–Crippen MR) is 39.9 cm³/mol. The van der Waals surface area contributed by atoms with Crippen LogP contribution in [-0.4, -0.2) is 19.3 Å². The summed E-state index contributed by atoms with van der Waals surface area (Å²) in [5, 5.41) is 3.09. The van der Waals surface area contributed by atoms with Crippen LogP contribution in [-0.2, 0) is 0 Å². The summed E-state index contributed by atoms with van der Waals surface area (Å²) in [6.45, 7) is 3.65. The van der Waals surface area contributed by atoms with E-state index in [0.717, 1.165) is 6.54 Å². The fourth-order valence-electron chi connectivity index (χ4n) is 0.548. The molecule has 0 heterocycles. The molecule has 0 aromatic heterocycles. The molecule has 0 aliphatic carbocycles. The van der Waals surface area contributed by atoms with Crippen LogP contribution in [0.1, 0.15) is 19.8 Å².